The number of ether oxygens (including phenoxy) is 2. The van der Waals surface area contributed by atoms with Crippen LogP contribution in [0.1, 0.15) is 39.7 Å². The second-order valence-corrected chi connectivity index (χ2v) is 6.58. The van der Waals surface area contributed by atoms with Crippen LogP contribution in [0.3, 0.4) is 0 Å². The van der Waals surface area contributed by atoms with Crippen molar-refractivity contribution >= 4 is 22.5 Å². The van der Waals surface area contributed by atoms with E-state index in [1.165, 1.54) is 0 Å². The van der Waals surface area contributed by atoms with E-state index in [2.05, 4.69) is 24.3 Å². The van der Waals surface area contributed by atoms with E-state index >= 15 is 0 Å². The highest BCUT2D eigenvalue weighted by atomic mass is 16.5. The smallest absolute Gasteiger partial charge is 0.253 e. The van der Waals surface area contributed by atoms with Gasteiger partial charge in [0.2, 0.25) is 0 Å². The van der Waals surface area contributed by atoms with Gasteiger partial charge < -0.3 is 14.8 Å². The zero-order valence-electron chi connectivity index (χ0n) is 14.5. The fraction of sp³-hybridized carbons (Fsp3) is 0.556. The molecule has 24 heavy (non-hydrogen) atoms. The normalized spacial score (nSPS) is 19.1. The van der Waals surface area contributed by atoms with Gasteiger partial charge in [0.05, 0.1) is 18.2 Å². The number of fused-ring (bicyclic) bond motifs is 1. The van der Waals surface area contributed by atoms with Crippen molar-refractivity contribution in [2.24, 2.45) is 0 Å². The molecule has 0 saturated carbocycles. The largest absolute Gasteiger partial charge is 0.376 e. The molecule has 0 aliphatic carbocycles. The van der Waals surface area contributed by atoms with Crippen molar-refractivity contribution < 1.29 is 14.3 Å². The Morgan fingerprint density at radius 3 is 3.00 bits per heavy atom. The fourth-order valence-corrected chi connectivity index (χ4v) is 2.73. The monoisotopic (exact) mass is 331 g/mol. The summed E-state index contributed by atoms with van der Waals surface area (Å²) in [5.74, 6) is -0.149. The molecule has 2 atom stereocenters. The molecule has 0 radical (unpaired) electrons. The van der Waals surface area contributed by atoms with E-state index in [0.29, 0.717) is 12.6 Å². The van der Waals surface area contributed by atoms with Gasteiger partial charge in [-0.2, -0.15) is 5.10 Å². The molecule has 2 heterocycles. The van der Waals surface area contributed by atoms with Crippen LogP contribution in [-0.2, 0) is 14.3 Å². The average Bonchev–Trinajstić information content (AvgIpc) is 3.21. The molecule has 6 heteroatoms. The molecule has 1 aliphatic rings. The summed E-state index contributed by atoms with van der Waals surface area (Å²) in [6.45, 7) is 7.19. The number of nitrogens with one attached hydrogen (secondary N) is 1. The van der Waals surface area contributed by atoms with Crippen molar-refractivity contribution in [3.05, 3.63) is 24.4 Å². The lowest BCUT2D eigenvalue weighted by Gasteiger charge is -2.16. The van der Waals surface area contributed by atoms with E-state index in [-0.39, 0.29) is 12.0 Å². The Balaban J connectivity index is 1.59. The van der Waals surface area contributed by atoms with Crippen LogP contribution in [0.25, 0.3) is 10.9 Å². The zero-order valence-corrected chi connectivity index (χ0v) is 14.5. The maximum absolute atomic E-state index is 12.3. The fourth-order valence-electron chi connectivity index (χ4n) is 2.73. The summed E-state index contributed by atoms with van der Waals surface area (Å²) in [4.78, 5) is 12.3. The molecule has 1 amide bonds. The summed E-state index contributed by atoms with van der Waals surface area (Å²) >= 11 is 0. The second kappa shape index (κ2) is 7.32. The maximum atomic E-state index is 12.3. The Kier molecular flexibility index (Phi) is 5.16. The molecule has 1 aliphatic heterocycles. The Hall–Kier alpha value is -1.92. The summed E-state index contributed by atoms with van der Waals surface area (Å²) in [5.41, 5.74) is 1.67. The van der Waals surface area contributed by atoms with Crippen molar-refractivity contribution in [1.29, 1.82) is 0 Å². The van der Waals surface area contributed by atoms with Crippen LogP contribution in [0.5, 0.6) is 0 Å². The SMILES string of the molecule is CC(C)n1cc2cc(NC(=O)[C@@H](C)OC[C@@H]3CCCO3)ccc2n1. The highest BCUT2D eigenvalue weighted by Gasteiger charge is 2.20. The molecule has 1 aromatic carbocycles. The number of amides is 1. The van der Waals surface area contributed by atoms with E-state index in [0.717, 1.165) is 36.0 Å². The molecule has 0 bridgehead atoms. The Bertz CT molecular complexity index is 705. The van der Waals surface area contributed by atoms with Gasteiger partial charge in [-0.15, -0.1) is 0 Å². The summed E-state index contributed by atoms with van der Waals surface area (Å²) in [5, 5.41) is 8.42. The number of hydrogen-bond donors (Lipinski definition) is 1. The molecule has 1 N–H and O–H groups in total. The predicted molar refractivity (Wildman–Crippen MR) is 93.1 cm³/mol. The van der Waals surface area contributed by atoms with Crippen molar-refractivity contribution in [2.45, 2.75) is 51.9 Å². The number of nitrogens with zero attached hydrogens (tertiary/aromatic N) is 2. The van der Waals surface area contributed by atoms with Crippen LogP contribution in [0, 0.1) is 0 Å². The summed E-state index contributed by atoms with van der Waals surface area (Å²) in [6, 6.07) is 6.03. The van der Waals surface area contributed by atoms with E-state index in [9.17, 15) is 4.79 Å². The number of anilines is 1. The third-order valence-corrected chi connectivity index (χ3v) is 4.24. The number of rotatable bonds is 6. The predicted octanol–water partition coefficient (Wildman–Crippen LogP) is 3.14. The van der Waals surface area contributed by atoms with Crippen LogP contribution in [0.4, 0.5) is 5.69 Å². The Morgan fingerprint density at radius 1 is 1.46 bits per heavy atom. The van der Waals surface area contributed by atoms with E-state index in [1.807, 2.05) is 29.1 Å². The standard InChI is InChI=1S/C18H25N3O3/c1-12(2)21-10-14-9-15(6-7-17(14)20-21)19-18(22)13(3)24-11-16-5-4-8-23-16/h6-7,9-10,12-13,16H,4-5,8,11H2,1-3H3,(H,19,22)/t13-,16+/m1/s1. The van der Waals surface area contributed by atoms with Gasteiger partial charge in [0.15, 0.2) is 0 Å². The number of aromatic nitrogens is 2. The first-order valence-electron chi connectivity index (χ1n) is 8.56. The third-order valence-electron chi connectivity index (χ3n) is 4.24. The lowest BCUT2D eigenvalue weighted by Crippen LogP contribution is -2.30. The van der Waals surface area contributed by atoms with Crippen molar-refractivity contribution in [1.82, 2.24) is 9.78 Å². The number of carbonyl (C=O) groups is 1. The molecule has 130 valence electrons. The van der Waals surface area contributed by atoms with Crippen molar-refractivity contribution in [3.63, 3.8) is 0 Å². The summed E-state index contributed by atoms with van der Waals surface area (Å²) in [7, 11) is 0. The molecular weight excluding hydrogens is 306 g/mol. The minimum Gasteiger partial charge on any atom is -0.376 e. The van der Waals surface area contributed by atoms with Crippen molar-refractivity contribution in [2.75, 3.05) is 18.5 Å². The van der Waals surface area contributed by atoms with E-state index in [1.54, 1.807) is 6.92 Å². The van der Waals surface area contributed by atoms with Crippen LogP contribution < -0.4 is 5.32 Å². The van der Waals surface area contributed by atoms with Gasteiger partial charge in [0, 0.05) is 29.9 Å². The zero-order chi connectivity index (χ0) is 17.1. The van der Waals surface area contributed by atoms with Crippen LogP contribution in [0.2, 0.25) is 0 Å². The summed E-state index contributed by atoms with van der Waals surface area (Å²) in [6.07, 6.45) is 3.68. The van der Waals surface area contributed by atoms with Crippen LogP contribution in [-0.4, -0.2) is 41.1 Å². The molecule has 0 unspecified atom stereocenters. The minimum atomic E-state index is -0.511. The van der Waals surface area contributed by atoms with Gasteiger partial charge in [0.1, 0.15) is 6.10 Å². The van der Waals surface area contributed by atoms with Gasteiger partial charge in [0.25, 0.3) is 5.91 Å². The van der Waals surface area contributed by atoms with Gasteiger partial charge >= 0.3 is 0 Å². The molecule has 1 aromatic heterocycles. The average molecular weight is 331 g/mol. The Labute approximate surface area is 142 Å². The van der Waals surface area contributed by atoms with Gasteiger partial charge in [-0.05, 0) is 51.8 Å². The molecule has 3 rings (SSSR count). The lowest BCUT2D eigenvalue weighted by atomic mass is 10.2. The first-order valence-corrected chi connectivity index (χ1v) is 8.56. The first kappa shape index (κ1) is 16.9. The highest BCUT2D eigenvalue weighted by Crippen LogP contribution is 2.20. The molecule has 6 nitrogen and oxygen atoms in total. The molecule has 1 saturated heterocycles. The third kappa shape index (κ3) is 3.94. The lowest BCUT2D eigenvalue weighted by molar-refractivity contribution is -0.128. The maximum Gasteiger partial charge on any atom is 0.253 e. The van der Waals surface area contributed by atoms with Gasteiger partial charge in [-0.1, -0.05) is 0 Å². The number of hydrogen-bond acceptors (Lipinski definition) is 4. The number of carbonyl (C=O) groups excluding carboxylic acids is 1. The molecular formula is C18H25N3O3. The van der Waals surface area contributed by atoms with Gasteiger partial charge in [-0.3, -0.25) is 9.48 Å². The molecule has 0 spiro atoms. The highest BCUT2D eigenvalue weighted by molar-refractivity contribution is 5.96. The minimum absolute atomic E-state index is 0.124. The topological polar surface area (TPSA) is 65.4 Å². The van der Waals surface area contributed by atoms with Crippen LogP contribution in [0.15, 0.2) is 24.4 Å². The van der Waals surface area contributed by atoms with E-state index in [4.69, 9.17) is 9.47 Å². The Morgan fingerprint density at radius 2 is 2.29 bits per heavy atom. The van der Waals surface area contributed by atoms with Gasteiger partial charge in [-0.25, -0.2) is 0 Å². The van der Waals surface area contributed by atoms with Crippen molar-refractivity contribution in [3.8, 4) is 0 Å². The number of benzene rings is 1. The molecule has 1 fully saturated rings. The molecule has 2 aromatic rings. The van der Waals surface area contributed by atoms with Crippen LogP contribution >= 0.6 is 0 Å². The quantitative estimate of drug-likeness (QED) is 0.883. The second-order valence-electron chi connectivity index (χ2n) is 6.58. The first-order chi connectivity index (χ1) is 11.5. The summed E-state index contributed by atoms with van der Waals surface area (Å²) < 4.78 is 13.1. The van der Waals surface area contributed by atoms with E-state index < -0.39 is 6.10 Å².